The molecule has 0 aromatic carbocycles. The first-order valence-corrected chi connectivity index (χ1v) is 9.13. The van der Waals surface area contributed by atoms with E-state index >= 15 is 0 Å². The molecule has 0 saturated heterocycles. The van der Waals surface area contributed by atoms with Crippen molar-refractivity contribution in [2.24, 2.45) is 23.2 Å². The van der Waals surface area contributed by atoms with Crippen molar-refractivity contribution < 1.29 is 14.6 Å². The molecule has 0 spiro atoms. The Bertz CT molecular complexity index is 414. The fourth-order valence-electron chi connectivity index (χ4n) is 5.89. The first-order valence-electron chi connectivity index (χ1n) is 9.13. The van der Waals surface area contributed by atoms with Crippen LogP contribution in [-0.2, 0) is 9.53 Å². The molecule has 0 amide bonds. The van der Waals surface area contributed by atoms with E-state index in [1.54, 1.807) is 6.92 Å². The molecule has 0 heterocycles. The third-order valence-electron chi connectivity index (χ3n) is 6.84. The van der Waals surface area contributed by atoms with E-state index in [-0.39, 0.29) is 5.41 Å². The maximum atomic E-state index is 12.5. The van der Waals surface area contributed by atoms with Gasteiger partial charge < -0.3 is 9.84 Å². The quantitative estimate of drug-likeness (QED) is 0.779. The molecule has 4 rings (SSSR count). The van der Waals surface area contributed by atoms with Crippen molar-refractivity contribution in [1.82, 2.24) is 0 Å². The molecule has 4 bridgehead atoms. The van der Waals surface area contributed by atoms with E-state index in [0.717, 1.165) is 24.2 Å². The monoisotopic (exact) mass is 308 g/mol. The van der Waals surface area contributed by atoms with Crippen LogP contribution in [0.5, 0.6) is 0 Å². The van der Waals surface area contributed by atoms with Crippen molar-refractivity contribution in [3.63, 3.8) is 0 Å². The number of hydrogen-bond acceptors (Lipinski definition) is 3. The fraction of sp³-hybridized carbons (Fsp3) is 0.947. The number of carbonyl (C=O) groups excluding carboxylic acids is 1. The molecule has 0 aromatic heterocycles. The Labute approximate surface area is 134 Å². The molecule has 4 aliphatic rings. The zero-order valence-corrected chi connectivity index (χ0v) is 14.7. The lowest BCUT2D eigenvalue weighted by molar-refractivity contribution is -0.212. The highest BCUT2D eigenvalue weighted by molar-refractivity contribution is 5.79. The molecule has 3 heteroatoms. The summed E-state index contributed by atoms with van der Waals surface area (Å²) in [7, 11) is 0. The Hall–Kier alpha value is -0.570. The molecule has 1 N–H and O–H groups in total. The summed E-state index contributed by atoms with van der Waals surface area (Å²) < 4.78 is 5.95. The van der Waals surface area contributed by atoms with Gasteiger partial charge in [0.15, 0.2) is 5.60 Å². The van der Waals surface area contributed by atoms with Crippen molar-refractivity contribution in [2.75, 3.05) is 0 Å². The molecule has 4 fully saturated rings. The minimum Gasteiger partial charge on any atom is -0.457 e. The number of hydrogen-bond donors (Lipinski definition) is 1. The Balaban J connectivity index is 1.77. The number of carbonyl (C=O) groups is 1. The van der Waals surface area contributed by atoms with E-state index in [9.17, 15) is 9.90 Å². The van der Waals surface area contributed by atoms with Gasteiger partial charge in [-0.1, -0.05) is 13.3 Å². The second-order valence-electron chi connectivity index (χ2n) is 9.12. The van der Waals surface area contributed by atoms with Crippen molar-refractivity contribution >= 4 is 5.97 Å². The van der Waals surface area contributed by atoms with Gasteiger partial charge in [0.2, 0.25) is 0 Å². The van der Waals surface area contributed by atoms with Gasteiger partial charge in [-0.3, -0.25) is 0 Å². The van der Waals surface area contributed by atoms with Crippen molar-refractivity contribution in [2.45, 2.75) is 90.3 Å². The Morgan fingerprint density at radius 3 is 1.95 bits per heavy atom. The average Bonchev–Trinajstić information content (AvgIpc) is 2.36. The van der Waals surface area contributed by atoms with E-state index < -0.39 is 17.2 Å². The Morgan fingerprint density at radius 1 is 1.09 bits per heavy atom. The fourth-order valence-corrected chi connectivity index (χ4v) is 5.89. The molecular weight excluding hydrogens is 276 g/mol. The van der Waals surface area contributed by atoms with Crippen molar-refractivity contribution in [1.29, 1.82) is 0 Å². The van der Waals surface area contributed by atoms with Crippen LogP contribution in [0, 0.1) is 23.2 Å². The molecular formula is C19H32O3. The number of esters is 1. The lowest BCUT2D eigenvalue weighted by Crippen LogP contribution is -2.58. The maximum absolute atomic E-state index is 12.5. The molecule has 3 nitrogen and oxygen atoms in total. The minimum absolute atomic E-state index is 0.139. The lowest BCUT2D eigenvalue weighted by atomic mass is 9.46. The van der Waals surface area contributed by atoms with Gasteiger partial charge in [-0.25, -0.2) is 4.79 Å². The van der Waals surface area contributed by atoms with Crippen LogP contribution in [0.25, 0.3) is 0 Å². The van der Waals surface area contributed by atoms with Gasteiger partial charge in [0.25, 0.3) is 0 Å². The predicted octanol–water partition coefficient (Wildman–Crippen LogP) is 4.08. The predicted molar refractivity (Wildman–Crippen MR) is 86.3 cm³/mol. The van der Waals surface area contributed by atoms with Crippen LogP contribution in [0.15, 0.2) is 0 Å². The highest BCUT2D eigenvalue weighted by Gasteiger charge is 2.59. The summed E-state index contributed by atoms with van der Waals surface area (Å²) in [5.74, 6) is 2.07. The highest BCUT2D eigenvalue weighted by Crippen LogP contribution is 2.64. The number of aliphatic hydroxyl groups is 1. The average molecular weight is 308 g/mol. The molecule has 0 aromatic rings. The van der Waals surface area contributed by atoms with E-state index in [0.29, 0.717) is 6.42 Å². The second kappa shape index (κ2) is 5.22. The van der Waals surface area contributed by atoms with Gasteiger partial charge in [0.05, 0.1) is 0 Å². The molecule has 4 saturated carbocycles. The van der Waals surface area contributed by atoms with Crippen LogP contribution in [-0.4, -0.2) is 22.3 Å². The molecule has 1 unspecified atom stereocenters. The molecule has 126 valence electrons. The third-order valence-corrected chi connectivity index (χ3v) is 6.84. The highest BCUT2D eigenvalue weighted by atomic mass is 16.6. The van der Waals surface area contributed by atoms with Crippen LogP contribution >= 0.6 is 0 Å². The lowest BCUT2D eigenvalue weighted by Gasteiger charge is -2.61. The summed E-state index contributed by atoms with van der Waals surface area (Å²) >= 11 is 0. The van der Waals surface area contributed by atoms with Crippen molar-refractivity contribution in [3.05, 3.63) is 0 Å². The summed E-state index contributed by atoms with van der Waals surface area (Å²) in [6, 6.07) is 0. The van der Waals surface area contributed by atoms with E-state index in [1.165, 1.54) is 38.5 Å². The van der Waals surface area contributed by atoms with Gasteiger partial charge in [-0.15, -0.1) is 0 Å². The number of rotatable bonds is 5. The standard InChI is InChI=1S/C19H32O3/c1-5-6-18(4,21)16(20)22-17(2,3)19-10-13-7-14(11-19)9-15(8-13)12-19/h13-15,21H,5-12H2,1-4H3. The van der Waals surface area contributed by atoms with Gasteiger partial charge >= 0.3 is 5.97 Å². The summed E-state index contributed by atoms with van der Waals surface area (Å²) in [6.07, 6.45) is 9.01. The maximum Gasteiger partial charge on any atom is 0.338 e. The summed E-state index contributed by atoms with van der Waals surface area (Å²) in [5.41, 5.74) is -1.69. The first-order chi connectivity index (χ1) is 10.2. The van der Waals surface area contributed by atoms with Crippen LogP contribution < -0.4 is 0 Å². The largest absolute Gasteiger partial charge is 0.457 e. The molecule has 0 radical (unpaired) electrons. The van der Waals surface area contributed by atoms with E-state index in [1.807, 2.05) is 6.92 Å². The van der Waals surface area contributed by atoms with Gasteiger partial charge in [0.1, 0.15) is 5.60 Å². The number of ether oxygens (including phenoxy) is 1. The topological polar surface area (TPSA) is 46.5 Å². The second-order valence-corrected chi connectivity index (χ2v) is 9.12. The minimum atomic E-state index is -1.35. The molecule has 0 aliphatic heterocycles. The van der Waals surface area contributed by atoms with Gasteiger partial charge in [-0.05, 0) is 83.5 Å². The molecule has 4 aliphatic carbocycles. The smallest absolute Gasteiger partial charge is 0.338 e. The zero-order chi connectivity index (χ0) is 16.2. The molecule has 22 heavy (non-hydrogen) atoms. The van der Waals surface area contributed by atoms with Gasteiger partial charge in [0, 0.05) is 5.41 Å². The zero-order valence-electron chi connectivity index (χ0n) is 14.7. The summed E-state index contributed by atoms with van der Waals surface area (Å²) in [5, 5.41) is 10.4. The SMILES string of the molecule is CCCC(C)(O)C(=O)OC(C)(C)C12CC3CC(CC(C3)C1)C2. The molecule has 1 atom stereocenters. The van der Waals surface area contributed by atoms with E-state index in [2.05, 4.69) is 13.8 Å². The normalized spacial score (nSPS) is 39.6. The first kappa shape index (κ1) is 16.3. The van der Waals surface area contributed by atoms with E-state index in [4.69, 9.17) is 4.74 Å². The van der Waals surface area contributed by atoms with Crippen molar-refractivity contribution in [3.8, 4) is 0 Å². The Morgan fingerprint density at radius 2 is 1.55 bits per heavy atom. The summed E-state index contributed by atoms with van der Waals surface area (Å²) in [6.45, 7) is 7.74. The van der Waals surface area contributed by atoms with Crippen LogP contribution in [0.4, 0.5) is 0 Å². The van der Waals surface area contributed by atoms with Crippen LogP contribution in [0.2, 0.25) is 0 Å². The van der Waals surface area contributed by atoms with Crippen LogP contribution in [0.3, 0.4) is 0 Å². The van der Waals surface area contributed by atoms with Crippen LogP contribution in [0.1, 0.15) is 79.1 Å². The third kappa shape index (κ3) is 2.60. The van der Waals surface area contributed by atoms with Gasteiger partial charge in [-0.2, -0.15) is 0 Å². The Kier molecular flexibility index (Phi) is 3.87. The summed E-state index contributed by atoms with van der Waals surface area (Å²) in [4.78, 5) is 12.5.